The summed E-state index contributed by atoms with van der Waals surface area (Å²) < 4.78 is 10.8. The predicted octanol–water partition coefficient (Wildman–Crippen LogP) is 3.45. The number of fused-ring (bicyclic) bond motifs is 1. The van der Waals surface area contributed by atoms with Crippen molar-refractivity contribution < 1.29 is 9.47 Å². The second-order valence-corrected chi connectivity index (χ2v) is 5.90. The van der Waals surface area contributed by atoms with Crippen molar-refractivity contribution >= 4 is 5.82 Å². The minimum absolute atomic E-state index is 0.306. The van der Waals surface area contributed by atoms with E-state index in [-0.39, 0.29) is 0 Å². The van der Waals surface area contributed by atoms with Gasteiger partial charge in [-0.05, 0) is 53.9 Å². The zero-order valence-electron chi connectivity index (χ0n) is 13.8. The third kappa shape index (κ3) is 3.71. The van der Waals surface area contributed by atoms with Crippen LogP contribution in [0, 0.1) is 0 Å². The van der Waals surface area contributed by atoms with E-state index in [0.29, 0.717) is 6.79 Å². The lowest BCUT2D eigenvalue weighted by molar-refractivity contribution is 0.174. The van der Waals surface area contributed by atoms with Crippen LogP contribution in [-0.2, 0) is 13.0 Å². The molecule has 5 heteroatoms. The van der Waals surface area contributed by atoms with Gasteiger partial charge in [-0.15, -0.1) is 0 Å². The lowest BCUT2D eigenvalue weighted by Crippen LogP contribution is -2.26. The smallest absolute Gasteiger partial charge is 0.231 e. The topological polar surface area (TPSA) is 47.5 Å². The number of benzene rings is 1. The SMILES string of the molecule is c1ccc(N(CCc2ccc3c(c2)OCO3)Cc2ccncc2)nc1. The maximum atomic E-state index is 5.47. The van der Waals surface area contributed by atoms with Gasteiger partial charge in [-0.1, -0.05) is 12.1 Å². The fraction of sp³-hybridized carbons (Fsp3) is 0.200. The molecule has 0 saturated heterocycles. The highest BCUT2D eigenvalue weighted by atomic mass is 16.7. The molecule has 0 radical (unpaired) electrons. The maximum absolute atomic E-state index is 5.47. The van der Waals surface area contributed by atoms with E-state index in [0.717, 1.165) is 36.8 Å². The Morgan fingerprint density at radius 3 is 2.60 bits per heavy atom. The molecular formula is C20H19N3O2. The first-order chi connectivity index (χ1) is 12.4. The van der Waals surface area contributed by atoms with E-state index in [9.17, 15) is 0 Å². The van der Waals surface area contributed by atoms with Gasteiger partial charge in [-0.2, -0.15) is 0 Å². The van der Waals surface area contributed by atoms with Gasteiger partial charge in [0.15, 0.2) is 11.5 Å². The van der Waals surface area contributed by atoms with Gasteiger partial charge >= 0.3 is 0 Å². The molecule has 0 amide bonds. The van der Waals surface area contributed by atoms with Crippen molar-refractivity contribution in [2.24, 2.45) is 0 Å². The van der Waals surface area contributed by atoms with Crippen LogP contribution >= 0.6 is 0 Å². The van der Waals surface area contributed by atoms with Crippen LogP contribution in [0.3, 0.4) is 0 Å². The van der Waals surface area contributed by atoms with Gasteiger partial charge in [0.2, 0.25) is 6.79 Å². The Balaban J connectivity index is 1.50. The normalized spacial score (nSPS) is 12.2. The molecular weight excluding hydrogens is 314 g/mol. The average Bonchev–Trinajstić information content (AvgIpc) is 3.14. The zero-order valence-corrected chi connectivity index (χ0v) is 13.8. The molecule has 0 bridgehead atoms. The van der Waals surface area contributed by atoms with Gasteiger partial charge in [-0.25, -0.2) is 4.98 Å². The zero-order chi connectivity index (χ0) is 16.9. The standard InChI is InChI=1S/C20H19N3O2/c1-2-9-22-20(3-1)23(14-17-6-10-21-11-7-17)12-8-16-4-5-18-19(13-16)25-15-24-18/h1-7,9-11,13H,8,12,14-15H2. The van der Waals surface area contributed by atoms with E-state index < -0.39 is 0 Å². The minimum atomic E-state index is 0.306. The third-order valence-electron chi connectivity index (χ3n) is 4.20. The molecule has 0 fully saturated rings. The van der Waals surface area contributed by atoms with E-state index >= 15 is 0 Å². The number of nitrogens with zero attached hydrogens (tertiary/aromatic N) is 3. The Kier molecular flexibility index (Phi) is 4.46. The molecule has 0 unspecified atom stereocenters. The molecule has 0 spiro atoms. The van der Waals surface area contributed by atoms with E-state index in [1.54, 1.807) is 0 Å². The predicted molar refractivity (Wildman–Crippen MR) is 95.8 cm³/mol. The van der Waals surface area contributed by atoms with Crippen LogP contribution in [0.5, 0.6) is 11.5 Å². The Labute approximate surface area is 146 Å². The molecule has 2 aromatic heterocycles. The first-order valence-electron chi connectivity index (χ1n) is 8.32. The van der Waals surface area contributed by atoms with Gasteiger partial charge < -0.3 is 14.4 Å². The molecule has 25 heavy (non-hydrogen) atoms. The summed E-state index contributed by atoms with van der Waals surface area (Å²) in [5.74, 6) is 2.62. The second-order valence-electron chi connectivity index (χ2n) is 5.90. The highest BCUT2D eigenvalue weighted by Gasteiger charge is 2.14. The van der Waals surface area contributed by atoms with Crippen LogP contribution in [0.1, 0.15) is 11.1 Å². The minimum Gasteiger partial charge on any atom is -0.454 e. The first-order valence-corrected chi connectivity index (χ1v) is 8.32. The van der Waals surface area contributed by atoms with Gasteiger partial charge in [-0.3, -0.25) is 4.98 Å². The summed E-state index contributed by atoms with van der Waals surface area (Å²) in [6.45, 7) is 1.96. The number of pyridine rings is 2. The van der Waals surface area contributed by atoms with Gasteiger partial charge in [0.05, 0.1) is 0 Å². The van der Waals surface area contributed by atoms with E-state index in [1.165, 1.54) is 11.1 Å². The molecule has 1 aromatic carbocycles. The second kappa shape index (κ2) is 7.21. The molecule has 1 aliphatic rings. The number of hydrogen-bond acceptors (Lipinski definition) is 5. The lowest BCUT2D eigenvalue weighted by atomic mass is 10.1. The van der Waals surface area contributed by atoms with Crippen LogP contribution in [0.4, 0.5) is 5.82 Å². The Bertz CT molecular complexity index is 825. The molecule has 5 nitrogen and oxygen atoms in total. The molecule has 1 aliphatic heterocycles. The number of hydrogen-bond donors (Lipinski definition) is 0. The van der Waals surface area contributed by atoms with Crippen LogP contribution in [0.2, 0.25) is 0 Å². The monoisotopic (exact) mass is 333 g/mol. The van der Waals surface area contributed by atoms with Crippen molar-refractivity contribution in [1.29, 1.82) is 0 Å². The third-order valence-corrected chi connectivity index (χ3v) is 4.20. The maximum Gasteiger partial charge on any atom is 0.231 e. The largest absolute Gasteiger partial charge is 0.454 e. The van der Waals surface area contributed by atoms with Gasteiger partial charge in [0.25, 0.3) is 0 Å². The van der Waals surface area contributed by atoms with Crippen molar-refractivity contribution in [2.45, 2.75) is 13.0 Å². The highest BCUT2D eigenvalue weighted by Crippen LogP contribution is 2.32. The molecule has 3 heterocycles. The van der Waals surface area contributed by atoms with Crippen molar-refractivity contribution in [2.75, 3.05) is 18.2 Å². The van der Waals surface area contributed by atoms with Crippen LogP contribution in [0.25, 0.3) is 0 Å². The summed E-state index contributed by atoms with van der Waals surface area (Å²) in [4.78, 5) is 10.9. The van der Waals surface area contributed by atoms with Crippen molar-refractivity contribution in [3.05, 3.63) is 78.2 Å². The van der Waals surface area contributed by atoms with E-state index in [2.05, 4.69) is 27.0 Å². The van der Waals surface area contributed by atoms with Crippen molar-refractivity contribution in [3.63, 3.8) is 0 Å². The quantitative estimate of drug-likeness (QED) is 0.691. The molecule has 0 atom stereocenters. The lowest BCUT2D eigenvalue weighted by Gasteiger charge is -2.24. The van der Waals surface area contributed by atoms with Crippen LogP contribution < -0.4 is 14.4 Å². The summed E-state index contributed by atoms with van der Waals surface area (Å²) in [5, 5.41) is 0. The molecule has 4 rings (SSSR count). The number of ether oxygens (including phenoxy) is 2. The Morgan fingerprint density at radius 2 is 1.76 bits per heavy atom. The van der Waals surface area contributed by atoms with Crippen LogP contribution in [0.15, 0.2) is 67.1 Å². The molecule has 3 aromatic rings. The fourth-order valence-electron chi connectivity index (χ4n) is 2.88. The van der Waals surface area contributed by atoms with Crippen LogP contribution in [-0.4, -0.2) is 23.3 Å². The van der Waals surface area contributed by atoms with Crippen molar-refractivity contribution in [3.8, 4) is 11.5 Å². The summed E-state index contributed by atoms with van der Waals surface area (Å²) in [6.07, 6.45) is 6.38. The summed E-state index contributed by atoms with van der Waals surface area (Å²) in [5.41, 5.74) is 2.44. The average molecular weight is 333 g/mol. The molecule has 0 aliphatic carbocycles. The Morgan fingerprint density at radius 1 is 0.880 bits per heavy atom. The summed E-state index contributed by atoms with van der Waals surface area (Å²) in [7, 11) is 0. The van der Waals surface area contributed by atoms with E-state index in [1.807, 2.05) is 55.0 Å². The van der Waals surface area contributed by atoms with Crippen molar-refractivity contribution in [1.82, 2.24) is 9.97 Å². The van der Waals surface area contributed by atoms with Gasteiger partial charge in [0, 0.05) is 31.7 Å². The summed E-state index contributed by atoms with van der Waals surface area (Å²) >= 11 is 0. The number of anilines is 1. The fourth-order valence-corrected chi connectivity index (χ4v) is 2.88. The van der Waals surface area contributed by atoms with E-state index in [4.69, 9.17) is 9.47 Å². The van der Waals surface area contributed by atoms with Gasteiger partial charge in [0.1, 0.15) is 5.82 Å². The molecule has 0 saturated carbocycles. The molecule has 126 valence electrons. The molecule has 0 N–H and O–H groups in total. The summed E-state index contributed by atoms with van der Waals surface area (Å²) in [6, 6.07) is 16.2. The Hall–Kier alpha value is -3.08. The first kappa shape index (κ1) is 15.4. The number of rotatable bonds is 6. The number of aromatic nitrogens is 2. The highest BCUT2D eigenvalue weighted by molar-refractivity contribution is 5.45.